The summed E-state index contributed by atoms with van der Waals surface area (Å²) < 4.78 is 1.53. The van der Waals surface area contributed by atoms with Gasteiger partial charge in [-0.2, -0.15) is 0 Å². The highest BCUT2D eigenvalue weighted by Gasteiger charge is 2.22. The largest absolute Gasteiger partial charge is 0.351 e. The van der Waals surface area contributed by atoms with Crippen LogP contribution in [-0.2, 0) is 4.79 Å². The van der Waals surface area contributed by atoms with Gasteiger partial charge in [-0.25, -0.2) is 9.78 Å². The summed E-state index contributed by atoms with van der Waals surface area (Å²) in [7, 11) is 0. The molecule has 0 fully saturated rings. The number of fused-ring (bicyclic) bond motifs is 1. The topological polar surface area (TPSA) is 107 Å². The van der Waals surface area contributed by atoms with Crippen LogP contribution in [0.1, 0.15) is 18.1 Å². The summed E-state index contributed by atoms with van der Waals surface area (Å²) >= 11 is 1.09. The third kappa shape index (κ3) is 3.77. The maximum atomic E-state index is 13.3. The fourth-order valence-electron chi connectivity index (χ4n) is 2.98. The van der Waals surface area contributed by atoms with Gasteiger partial charge in [-0.05, 0) is 44.0 Å². The van der Waals surface area contributed by atoms with Crippen LogP contribution in [0.4, 0.5) is 4.79 Å². The molecule has 2 aromatic carbocycles. The number of primary amides is 1. The summed E-state index contributed by atoms with van der Waals surface area (Å²) in [4.78, 5) is 41.1. The van der Waals surface area contributed by atoms with Gasteiger partial charge >= 0.3 is 6.03 Å². The van der Waals surface area contributed by atoms with E-state index in [0.717, 1.165) is 28.6 Å². The Morgan fingerprint density at radius 3 is 2.39 bits per heavy atom. The van der Waals surface area contributed by atoms with Crippen LogP contribution in [0, 0.1) is 13.8 Å². The molecule has 3 aromatic rings. The zero-order valence-corrected chi connectivity index (χ0v) is 16.5. The summed E-state index contributed by atoms with van der Waals surface area (Å²) in [5.41, 5.74) is 7.92. The number of thioether (sulfide) groups is 1. The lowest BCUT2D eigenvalue weighted by Crippen LogP contribution is -2.39. The third-order valence-corrected chi connectivity index (χ3v) is 5.36. The van der Waals surface area contributed by atoms with Crippen molar-refractivity contribution in [1.29, 1.82) is 0 Å². The molecule has 1 heterocycles. The zero-order chi connectivity index (χ0) is 20.4. The van der Waals surface area contributed by atoms with E-state index in [1.807, 2.05) is 32.0 Å². The normalized spacial score (nSPS) is 12.0. The van der Waals surface area contributed by atoms with Crippen LogP contribution in [0.2, 0.25) is 0 Å². The second-order valence-electron chi connectivity index (χ2n) is 6.41. The second-order valence-corrected chi connectivity index (χ2v) is 7.71. The van der Waals surface area contributed by atoms with Gasteiger partial charge < -0.3 is 5.73 Å². The number of nitrogens with one attached hydrogen (secondary N) is 1. The molecule has 0 aliphatic rings. The van der Waals surface area contributed by atoms with Crippen LogP contribution in [0.3, 0.4) is 0 Å². The molecule has 0 radical (unpaired) electrons. The number of amides is 3. The lowest BCUT2D eigenvalue weighted by atomic mass is 10.1. The van der Waals surface area contributed by atoms with E-state index in [4.69, 9.17) is 5.73 Å². The molecule has 28 heavy (non-hydrogen) atoms. The van der Waals surface area contributed by atoms with E-state index >= 15 is 0 Å². The maximum Gasteiger partial charge on any atom is 0.318 e. The van der Waals surface area contributed by atoms with Crippen molar-refractivity contribution in [3.8, 4) is 5.69 Å². The molecule has 0 aliphatic carbocycles. The second kappa shape index (κ2) is 7.85. The van der Waals surface area contributed by atoms with Crippen molar-refractivity contribution in [2.24, 2.45) is 5.73 Å². The van der Waals surface area contributed by atoms with Gasteiger partial charge in [-0.15, -0.1) is 0 Å². The first kappa shape index (κ1) is 19.6. The van der Waals surface area contributed by atoms with Gasteiger partial charge in [0.05, 0.1) is 21.8 Å². The van der Waals surface area contributed by atoms with Crippen LogP contribution in [0.5, 0.6) is 0 Å². The first-order valence-corrected chi connectivity index (χ1v) is 9.53. The standard InChI is InChI=1S/C20H20N4O3S/c1-11-7-6-8-12(2)16(11)24-18(26)14-9-4-5-10-15(14)22-20(24)28-13(3)17(25)23-19(21)27/h4-10,13H,1-3H3,(H3,21,23,25,27)/t13-/m0/s1. The van der Waals surface area contributed by atoms with E-state index in [0.29, 0.717) is 16.1 Å². The number of carbonyl (C=O) groups is 2. The minimum atomic E-state index is -0.920. The van der Waals surface area contributed by atoms with E-state index in [9.17, 15) is 14.4 Å². The van der Waals surface area contributed by atoms with Crippen LogP contribution >= 0.6 is 11.8 Å². The molecule has 1 aromatic heterocycles. The number of carbonyl (C=O) groups excluding carboxylic acids is 2. The molecule has 0 aliphatic heterocycles. The minimum absolute atomic E-state index is 0.215. The molecule has 3 rings (SSSR count). The highest BCUT2D eigenvalue weighted by molar-refractivity contribution is 8.00. The Hall–Kier alpha value is -3.13. The van der Waals surface area contributed by atoms with E-state index in [1.165, 1.54) is 4.57 Å². The molecule has 3 N–H and O–H groups in total. The molecule has 144 valence electrons. The molecular formula is C20H20N4O3S. The summed E-state index contributed by atoms with van der Waals surface area (Å²) in [5, 5.41) is 2.23. The Kier molecular flexibility index (Phi) is 5.51. The molecule has 0 saturated carbocycles. The van der Waals surface area contributed by atoms with Crippen LogP contribution < -0.4 is 16.6 Å². The predicted octanol–water partition coefficient (Wildman–Crippen LogP) is 2.68. The Morgan fingerprint density at radius 2 is 1.75 bits per heavy atom. The first-order valence-electron chi connectivity index (χ1n) is 8.65. The molecule has 8 heteroatoms. The lowest BCUT2D eigenvalue weighted by molar-refractivity contribution is -0.119. The number of rotatable bonds is 4. The molecule has 0 spiro atoms. The Bertz CT molecular complexity index is 1120. The van der Waals surface area contributed by atoms with Crippen LogP contribution in [0.15, 0.2) is 52.4 Å². The van der Waals surface area contributed by atoms with Gasteiger partial charge in [0.25, 0.3) is 5.56 Å². The molecule has 0 saturated heterocycles. The summed E-state index contributed by atoms with van der Waals surface area (Å²) in [6.45, 7) is 5.46. The van der Waals surface area contributed by atoms with Crippen molar-refractivity contribution >= 4 is 34.6 Å². The summed E-state index contributed by atoms with van der Waals surface area (Å²) in [6.07, 6.45) is 0. The molecule has 3 amide bonds. The summed E-state index contributed by atoms with van der Waals surface area (Å²) in [5.74, 6) is -0.548. The van der Waals surface area contributed by atoms with Crippen molar-refractivity contribution in [3.05, 3.63) is 63.9 Å². The highest BCUT2D eigenvalue weighted by Crippen LogP contribution is 2.27. The Balaban J connectivity index is 2.22. The zero-order valence-electron chi connectivity index (χ0n) is 15.7. The molecule has 0 bridgehead atoms. The van der Waals surface area contributed by atoms with E-state index in [1.54, 1.807) is 31.2 Å². The minimum Gasteiger partial charge on any atom is -0.351 e. The van der Waals surface area contributed by atoms with Crippen LogP contribution in [0.25, 0.3) is 16.6 Å². The fraction of sp³-hybridized carbons (Fsp3) is 0.200. The monoisotopic (exact) mass is 396 g/mol. The van der Waals surface area contributed by atoms with Gasteiger partial charge in [0, 0.05) is 0 Å². The van der Waals surface area contributed by atoms with Gasteiger partial charge in [0.2, 0.25) is 5.91 Å². The Labute approximate surface area is 166 Å². The van der Waals surface area contributed by atoms with Crippen molar-refractivity contribution in [2.75, 3.05) is 0 Å². The number of urea groups is 1. The third-order valence-electron chi connectivity index (χ3n) is 4.31. The number of hydrogen-bond acceptors (Lipinski definition) is 5. The van der Waals surface area contributed by atoms with E-state index in [-0.39, 0.29) is 5.56 Å². The number of aromatic nitrogens is 2. The lowest BCUT2D eigenvalue weighted by Gasteiger charge is -2.18. The van der Waals surface area contributed by atoms with Crippen molar-refractivity contribution in [2.45, 2.75) is 31.2 Å². The van der Waals surface area contributed by atoms with Crippen molar-refractivity contribution in [3.63, 3.8) is 0 Å². The fourth-order valence-corrected chi connectivity index (χ4v) is 3.89. The number of hydrogen-bond donors (Lipinski definition) is 2. The van der Waals surface area contributed by atoms with Crippen molar-refractivity contribution < 1.29 is 9.59 Å². The van der Waals surface area contributed by atoms with E-state index in [2.05, 4.69) is 10.3 Å². The maximum absolute atomic E-state index is 13.3. The van der Waals surface area contributed by atoms with Gasteiger partial charge in [-0.1, -0.05) is 42.1 Å². The van der Waals surface area contributed by atoms with Crippen molar-refractivity contribution in [1.82, 2.24) is 14.9 Å². The molecule has 1 atom stereocenters. The number of aryl methyl sites for hydroxylation is 2. The van der Waals surface area contributed by atoms with Crippen LogP contribution in [-0.4, -0.2) is 26.7 Å². The number of nitrogens with zero attached hydrogens (tertiary/aromatic N) is 2. The first-order chi connectivity index (χ1) is 13.3. The molecule has 0 unspecified atom stereocenters. The quantitative estimate of drug-likeness (QED) is 0.521. The predicted molar refractivity (Wildman–Crippen MR) is 110 cm³/mol. The Morgan fingerprint density at radius 1 is 1.11 bits per heavy atom. The highest BCUT2D eigenvalue weighted by atomic mass is 32.2. The van der Waals surface area contributed by atoms with Gasteiger partial charge in [0.1, 0.15) is 0 Å². The van der Waals surface area contributed by atoms with Gasteiger partial charge in [0.15, 0.2) is 5.16 Å². The number of benzene rings is 2. The average molecular weight is 396 g/mol. The number of imide groups is 1. The van der Waals surface area contributed by atoms with Gasteiger partial charge in [-0.3, -0.25) is 19.5 Å². The summed E-state index contributed by atoms with van der Waals surface area (Å²) in [6, 6.07) is 11.9. The number of para-hydroxylation sites is 2. The smallest absolute Gasteiger partial charge is 0.318 e. The molecule has 7 nitrogen and oxygen atoms in total. The SMILES string of the molecule is Cc1cccc(C)c1-n1c(S[C@@H](C)C(=O)NC(N)=O)nc2ccccc2c1=O. The average Bonchev–Trinajstić information content (AvgIpc) is 2.63. The van der Waals surface area contributed by atoms with E-state index < -0.39 is 17.2 Å². The number of nitrogens with two attached hydrogens (primary N) is 1. The molecular weight excluding hydrogens is 376 g/mol.